The van der Waals surface area contributed by atoms with Gasteiger partial charge in [0, 0.05) is 11.3 Å². The summed E-state index contributed by atoms with van der Waals surface area (Å²) in [5, 5.41) is 9.35. The van der Waals surface area contributed by atoms with Crippen molar-refractivity contribution in [3.8, 4) is 17.1 Å². The summed E-state index contributed by atoms with van der Waals surface area (Å²) in [5.41, 5.74) is 2.60. The molecule has 0 aliphatic carbocycles. The molecule has 3 aromatic rings. The Balaban J connectivity index is 1.56. The number of aromatic nitrogens is 2. The first-order valence-electron chi connectivity index (χ1n) is 7.72. The number of hydrogen-bond donors (Lipinski definition) is 2. The van der Waals surface area contributed by atoms with Crippen molar-refractivity contribution in [2.45, 2.75) is 13.5 Å². The number of amides is 2. The van der Waals surface area contributed by atoms with Crippen molar-refractivity contribution >= 4 is 11.7 Å². The fourth-order valence-electron chi connectivity index (χ4n) is 2.24. The van der Waals surface area contributed by atoms with Crippen LogP contribution in [0.1, 0.15) is 11.5 Å². The van der Waals surface area contributed by atoms with Crippen LogP contribution in [0.25, 0.3) is 11.4 Å². The molecule has 128 valence electrons. The van der Waals surface area contributed by atoms with Gasteiger partial charge in [0.2, 0.25) is 11.7 Å². The van der Waals surface area contributed by atoms with Crippen molar-refractivity contribution in [2.24, 2.45) is 0 Å². The summed E-state index contributed by atoms with van der Waals surface area (Å²) in [6.45, 7) is 2.10. The second-order valence-electron chi connectivity index (χ2n) is 5.42. The Morgan fingerprint density at radius 2 is 2.00 bits per heavy atom. The number of nitrogens with one attached hydrogen (secondary N) is 2. The minimum absolute atomic E-state index is 0.140. The van der Waals surface area contributed by atoms with Gasteiger partial charge in [-0.25, -0.2) is 4.79 Å². The summed E-state index contributed by atoms with van der Waals surface area (Å²) >= 11 is 0. The second-order valence-corrected chi connectivity index (χ2v) is 5.42. The van der Waals surface area contributed by atoms with E-state index in [4.69, 9.17) is 9.26 Å². The van der Waals surface area contributed by atoms with Crippen molar-refractivity contribution in [3.05, 3.63) is 60.0 Å². The van der Waals surface area contributed by atoms with E-state index in [9.17, 15) is 4.79 Å². The molecular weight excluding hydrogens is 320 g/mol. The van der Waals surface area contributed by atoms with Gasteiger partial charge in [-0.1, -0.05) is 17.3 Å². The molecular formula is C18H18N4O3. The van der Waals surface area contributed by atoms with Crippen molar-refractivity contribution in [3.63, 3.8) is 0 Å². The van der Waals surface area contributed by atoms with Gasteiger partial charge >= 0.3 is 6.03 Å². The second kappa shape index (κ2) is 7.48. The van der Waals surface area contributed by atoms with Crippen LogP contribution in [-0.4, -0.2) is 23.3 Å². The molecule has 0 spiro atoms. The lowest BCUT2D eigenvalue weighted by molar-refractivity contribution is 0.249. The average Bonchev–Trinajstić information content (AvgIpc) is 3.09. The molecule has 0 aliphatic rings. The molecule has 0 bridgehead atoms. The maximum Gasteiger partial charge on any atom is 0.319 e. The molecule has 0 radical (unpaired) electrons. The van der Waals surface area contributed by atoms with E-state index < -0.39 is 0 Å². The standard InChI is InChI=1S/C18H18N4O3/c1-12-4-3-5-14(10-12)20-18(23)19-11-16-21-17(22-25-16)13-6-8-15(24-2)9-7-13/h3-10H,11H2,1-2H3,(H2,19,20,23). The Bertz CT molecular complexity index is 859. The number of urea groups is 1. The quantitative estimate of drug-likeness (QED) is 0.744. The Labute approximate surface area is 145 Å². The highest BCUT2D eigenvalue weighted by atomic mass is 16.5. The summed E-state index contributed by atoms with van der Waals surface area (Å²) in [4.78, 5) is 16.2. The lowest BCUT2D eigenvalue weighted by Crippen LogP contribution is -2.28. The van der Waals surface area contributed by atoms with Crippen molar-refractivity contribution < 1.29 is 14.1 Å². The molecule has 2 amide bonds. The van der Waals surface area contributed by atoms with Crippen LogP contribution in [0, 0.1) is 6.92 Å². The van der Waals surface area contributed by atoms with E-state index in [2.05, 4.69) is 20.8 Å². The normalized spacial score (nSPS) is 10.3. The third kappa shape index (κ3) is 4.35. The van der Waals surface area contributed by atoms with Gasteiger partial charge in [0.05, 0.1) is 13.7 Å². The van der Waals surface area contributed by atoms with Gasteiger partial charge in [0.1, 0.15) is 5.75 Å². The van der Waals surface area contributed by atoms with E-state index in [1.807, 2.05) is 55.5 Å². The van der Waals surface area contributed by atoms with E-state index in [1.165, 1.54) is 0 Å². The lowest BCUT2D eigenvalue weighted by atomic mass is 10.2. The molecule has 1 heterocycles. The van der Waals surface area contributed by atoms with E-state index in [0.717, 1.165) is 22.6 Å². The van der Waals surface area contributed by atoms with Crippen LogP contribution in [0.5, 0.6) is 5.75 Å². The van der Waals surface area contributed by atoms with Gasteiger partial charge in [-0.3, -0.25) is 0 Å². The van der Waals surface area contributed by atoms with Gasteiger partial charge in [0.15, 0.2) is 0 Å². The molecule has 1 aromatic heterocycles. The van der Waals surface area contributed by atoms with Crippen LogP contribution in [0.15, 0.2) is 53.1 Å². The monoisotopic (exact) mass is 338 g/mol. The first-order chi connectivity index (χ1) is 12.1. The van der Waals surface area contributed by atoms with Crippen LogP contribution in [0.4, 0.5) is 10.5 Å². The minimum Gasteiger partial charge on any atom is -0.497 e. The maximum atomic E-state index is 11.9. The fraction of sp³-hybridized carbons (Fsp3) is 0.167. The number of ether oxygens (including phenoxy) is 1. The van der Waals surface area contributed by atoms with Crippen LogP contribution in [0.2, 0.25) is 0 Å². The average molecular weight is 338 g/mol. The summed E-state index contributed by atoms with van der Waals surface area (Å²) in [7, 11) is 1.61. The van der Waals surface area contributed by atoms with Crippen molar-refractivity contribution in [1.29, 1.82) is 0 Å². The van der Waals surface area contributed by atoms with E-state index in [1.54, 1.807) is 7.11 Å². The fourth-order valence-corrected chi connectivity index (χ4v) is 2.24. The third-order valence-corrected chi connectivity index (χ3v) is 3.49. The predicted molar refractivity (Wildman–Crippen MR) is 93.3 cm³/mol. The summed E-state index contributed by atoms with van der Waals surface area (Å²) < 4.78 is 10.3. The van der Waals surface area contributed by atoms with Crippen LogP contribution < -0.4 is 15.4 Å². The highest BCUT2D eigenvalue weighted by Crippen LogP contribution is 2.19. The largest absolute Gasteiger partial charge is 0.497 e. The summed E-state index contributed by atoms with van der Waals surface area (Å²) in [5.74, 6) is 1.53. The molecule has 0 saturated carbocycles. The highest BCUT2D eigenvalue weighted by molar-refractivity contribution is 5.89. The summed E-state index contributed by atoms with van der Waals surface area (Å²) in [6, 6.07) is 14.5. The Kier molecular flexibility index (Phi) is 4.94. The number of carbonyl (C=O) groups excluding carboxylic acids is 1. The first kappa shape index (κ1) is 16.5. The molecule has 0 saturated heterocycles. The predicted octanol–water partition coefficient (Wildman–Crippen LogP) is 3.38. The lowest BCUT2D eigenvalue weighted by Gasteiger charge is -2.06. The number of nitrogens with zero attached hydrogens (tertiary/aromatic N) is 2. The number of benzene rings is 2. The van der Waals surface area contributed by atoms with Crippen LogP contribution in [0.3, 0.4) is 0 Å². The van der Waals surface area contributed by atoms with Crippen LogP contribution in [-0.2, 0) is 6.54 Å². The SMILES string of the molecule is COc1ccc(-c2noc(CNC(=O)Nc3cccc(C)c3)n2)cc1. The minimum atomic E-state index is -0.338. The zero-order valence-corrected chi connectivity index (χ0v) is 13.9. The molecule has 0 aliphatic heterocycles. The molecule has 0 fully saturated rings. The zero-order chi connectivity index (χ0) is 17.6. The Morgan fingerprint density at radius 3 is 2.72 bits per heavy atom. The molecule has 0 unspecified atom stereocenters. The van der Waals surface area contributed by atoms with Gasteiger partial charge in [-0.15, -0.1) is 0 Å². The van der Waals surface area contributed by atoms with Crippen molar-refractivity contribution in [2.75, 3.05) is 12.4 Å². The van der Waals surface area contributed by atoms with Crippen molar-refractivity contribution in [1.82, 2.24) is 15.5 Å². The van der Waals surface area contributed by atoms with Gasteiger partial charge in [-0.2, -0.15) is 4.98 Å². The van der Waals surface area contributed by atoms with Gasteiger partial charge in [0.25, 0.3) is 0 Å². The van der Waals surface area contributed by atoms with Crippen LogP contribution >= 0.6 is 0 Å². The number of hydrogen-bond acceptors (Lipinski definition) is 5. The third-order valence-electron chi connectivity index (χ3n) is 3.49. The molecule has 0 atom stereocenters. The highest BCUT2D eigenvalue weighted by Gasteiger charge is 2.10. The zero-order valence-electron chi connectivity index (χ0n) is 13.9. The number of carbonyl (C=O) groups is 1. The molecule has 2 N–H and O–H groups in total. The Hall–Kier alpha value is -3.35. The van der Waals surface area contributed by atoms with E-state index in [0.29, 0.717) is 11.7 Å². The number of methoxy groups -OCH3 is 1. The van der Waals surface area contributed by atoms with Gasteiger partial charge in [-0.05, 0) is 48.9 Å². The number of anilines is 1. The molecule has 25 heavy (non-hydrogen) atoms. The molecule has 3 rings (SSSR count). The first-order valence-corrected chi connectivity index (χ1v) is 7.72. The topological polar surface area (TPSA) is 89.3 Å². The molecule has 7 nitrogen and oxygen atoms in total. The van der Waals surface area contributed by atoms with E-state index >= 15 is 0 Å². The smallest absolute Gasteiger partial charge is 0.319 e. The van der Waals surface area contributed by atoms with Gasteiger partial charge < -0.3 is 19.9 Å². The number of rotatable bonds is 5. The molecule has 7 heteroatoms. The maximum absolute atomic E-state index is 11.9. The summed E-state index contributed by atoms with van der Waals surface area (Å²) in [6.07, 6.45) is 0. The number of aryl methyl sites for hydroxylation is 1. The van der Waals surface area contributed by atoms with E-state index in [-0.39, 0.29) is 12.6 Å². The molecule has 2 aromatic carbocycles. The Morgan fingerprint density at radius 1 is 1.20 bits per heavy atom.